The Hall–Kier alpha value is -2.87. The van der Waals surface area contributed by atoms with Crippen LogP contribution in [0.3, 0.4) is 0 Å². The van der Waals surface area contributed by atoms with Crippen molar-refractivity contribution in [3.63, 3.8) is 0 Å². The smallest absolute Gasteiger partial charge is 0.228 e. The van der Waals surface area contributed by atoms with Crippen molar-refractivity contribution in [2.45, 2.75) is 25.8 Å². The Balaban J connectivity index is 1.73. The van der Waals surface area contributed by atoms with E-state index in [1.54, 1.807) is 0 Å². The van der Waals surface area contributed by atoms with Gasteiger partial charge in [0, 0.05) is 18.0 Å². The summed E-state index contributed by atoms with van der Waals surface area (Å²) < 4.78 is 0. The van der Waals surface area contributed by atoms with Crippen LogP contribution in [0.5, 0.6) is 0 Å². The van der Waals surface area contributed by atoms with Crippen LogP contribution in [0.25, 0.3) is 0 Å². The Labute approximate surface area is 148 Å². The third kappa shape index (κ3) is 3.08. The number of hydrogen-bond acceptors (Lipinski definition) is 1. The van der Waals surface area contributed by atoms with E-state index in [0.717, 1.165) is 11.3 Å². The van der Waals surface area contributed by atoms with Gasteiger partial charge in [-0.3, -0.25) is 4.79 Å². The van der Waals surface area contributed by atoms with Gasteiger partial charge in [-0.25, -0.2) is 0 Å². The lowest BCUT2D eigenvalue weighted by atomic mass is 9.83. The van der Waals surface area contributed by atoms with Crippen LogP contribution in [0.4, 0.5) is 5.69 Å². The molecule has 1 unspecified atom stereocenters. The average Bonchev–Trinajstić information content (AvgIpc) is 2.65. The van der Waals surface area contributed by atoms with Crippen molar-refractivity contribution in [3.05, 3.63) is 101 Å². The summed E-state index contributed by atoms with van der Waals surface area (Å²) in [5.41, 5.74) is 5.88. The lowest BCUT2D eigenvalue weighted by Crippen LogP contribution is -2.36. The van der Waals surface area contributed by atoms with Gasteiger partial charge >= 0.3 is 0 Å². The zero-order chi connectivity index (χ0) is 17.2. The first-order valence-corrected chi connectivity index (χ1v) is 8.72. The summed E-state index contributed by atoms with van der Waals surface area (Å²) in [5, 5.41) is 0. The van der Waals surface area contributed by atoms with Crippen LogP contribution in [-0.4, -0.2) is 5.91 Å². The van der Waals surface area contributed by atoms with Crippen LogP contribution >= 0.6 is 0 Å². The number of carbonyl (C=O) groups excluding carboxylic acids is 1. The van der Waals surface area contributed by atoms with Crippen LogP contribution in [0.1, 0.15) is 34.6 Å². The first kappa shape index (κ1) is 15.6. The number of para-hydroxylation sites is 1. The highest BCUT2D eigenvalue weighted by molar-refractivity contribution is 5.97. The molecule has 0 spiro atoms. The van der Waals surface area contributed by atoms with Gasteiger partial charge in [-0.1, -0.05) is 78.4 Å². The van der Waals surface area contributed by atoms with Crippen molar-refractivity contribution < 1.29 is 4.79 Å². The number of nitrogens with zero attached hydrogens (tertiary/aromatic N) is 1. The number of carbonyl (C=O) groups is 1. The molecule has 25 heavy (non-hydrogen) atoms. The Morgan fingerprint density at radius 2 is 1.56 bits per heavy atom. The van der Waals surface area contributed by atoms with Crippen molar-refractivity contribution >= 4 is 11.6 Å². The van der Waals surface area contributed by atoms with Crippen LogP contribution in [0.15, 0.2) is 78.9 Å². The molecule has 0 aromatic heterocycles. The third-order valence-electron chi connectivity index (χ3n) is 4.95. The minimum absolute atomic E-state index is 0.135. The molecule has 0 radical (unpaired) electrons. The number of aryl methyl sites for hydroxylation is 1. The molecule has 124 valence electrons. The zero-order valence-electron chi connectivity index (χ0n) is 14.4. The number of fused-ring (bicyclic) bond motifs is 1. The minimum atomic E-state index is 0.135. The van der Waals surface area contributed by atoms with E-state index in [1.165, 1.54) is 16.7 Å². The molecule has 0 aliphatic carbocycles. The van der Waals surface area contributed by atoms with E-state index < -0.39 is 0 Å². The molecule has 1 aliphatic heterocycles. The van der Waals surface area contributed by atoms with E-state index in [9.17, 15) is 4.79 Å². The highest BCUT2D eigenvalue weighted by Gasteiger charge is 2.31. The molecule has 0 fully saturated rings. The van der Waals surface area contributed by atoms with Gasteiger partial charge in [0.1, 0.15) is 0 Å². The fourth-order valence-electron chi connectivity index (χ4n) is 3.59. The summed E-state index contributed by atoms with van der Waals surface area (Å²) in [7, 11) is 0. The lowest BCUT2D eigenvalue weighted by molar-refractivity contribution is -0.119. The van der Waals surface area contributed by atoms with Gasteiger partial charge in [-0.2, -0.15) is 0 Å². The molecule has 0 bridgehead atoms. The lowest BCUT2D eigenvalue weighted by Gasteiger charge is -2.34. The normalized spacial score (nSPS) is 16.6. The van der Waals surface area contributed by atoms with Crippen molar-refractivity contribution in [2.75, 3.05) is 4.90 Å². The first-order valence-electron chi connectivity index (χ1n) is 8.72. The number of hydrogen-bond donors (Lipinski definition) is 0. The largest absolute Gasteiger partial charge is 0.308 e. The number of benzene rings is 3. The summed E-state index contributed by atoms with van der Waals surface area (Å²) in [6.45, 7) is 2.71. The Morgan fingerprint density at radius 1 is 0.880 bits per heavy atom. The predicted molar refractivity (Wildman–Crippen MR) is 102 cm³/mol. The molecule has 4 rings (SSSR count). The monoisotopic (exact) mass is 327 g/mol. The SMILES string of the molecule is Cc1ccc(C2CC(=O)N(Cc3ccccc3)c3ccccc32)cc1. The second-order valence-electron chi connectivity index (χ2n) is 6.69. The Kier molecular flexibility index (Phi) is 4.10. The molecule has 2 nitrogen and oxygen atoms in total. The molecule has 1 heterocycles. The van der Waals surface area contributed by atoms with E-state index in [2.05, 4.69) is 61.5 Å². The van der Waals surface area contributed by atoms with Gasteiger partial charge in [-0.15, -0.1) is 0 Å². The average molecular weight is 327 g/mol. The molecule has 1 amide bonds. The standard InChI is InChI=1S/C23H21NO/c1-17-11-13-19(14-12-17)21-15-23(25)24(16-18-7-3-2-4-8-18)22-10-6-5-9-20(21)22/h2-14,21H,15-16H2,1H3. The molecule has 1 atom stereocenters. The van der Waals surface area contributed by atoms with Crippen LogP contribution in [-0.2, 0) is 11.3 Å². The quantitative estimate of drug-likeness (QED) is 0.658. The first-order chi connectivity index (χ1) is 12.2. The molecular weight excluding hydrogens is 306 g/mol. The highest BCUT2D eigenvalue weighted by atomic mass is 16.2. The molecule has 0 saturated heterocycles. The van der Waals surface area contributed by atoms with Crippen molar-refractivity contribution in [1.82, 2.24) is 0 Å². The fourth-order valence-corrected chi connectivity index (χ4v) is 3.59. The van der Waals surface area contributed by atoms with E-state index in [1.807, 2.05) is 29.2 Å². The number of rotatable bonds is 3. The summed E-state index contributed by atoms with van der Waals surface area (Å²) in [4.78, 5) is 14.9. The molecule has 0 N–H and O–H groups in total. The second kappa shape index (κ2) is 6.56. The number of amides is 1. The van der Waals surface area contributed by atoms with Crippen LogP contribution in [0.2, 0.25) is 0 Å². The molecular formula is C23H21NO. The maximum atomic E-state index is 12.9. The molecule has 1 aliphatic rings. The Morgan fingerprint density at radius 3 is 2.32 bits per heavy atom. The summed E-state index contributed by atoms with van der Waals surface area (Å²) in [6, 6.07) is 27.0. The van der Waals surface area contributed by atoms with Gasteiger partial charge in [-0.05, 0) is 29.7 Å². The summed E-state index contributed by atoms with van der Waals surface area (Å²) in [5.74, 6) is 0.324. The van der Waals surface area contributed by atoms with Crippen molar-refractivity contribution in [1.29, 1.82) is 0 Å². The second-order valence-corrected chi connectivity index (χ2v) is 6.69. The molecule has 2 heteroatoms. The summed E-state index contributed by atoms with van der Waals surface area (Å²) >= 11 is 0. The predicted octanol–water partition coefficient (Wildman–Crippen LogP) is 5.06. The van der Waals surface area contributed by atoms with E-state index in [-0.39, 0.29) is 11.8 Å². The molecule has 3 aromatic rings. The Bertz CT molecular complexity index is 883. The van der Waals surface area contributed by atoms with Crippen molar-refractivity contribution in [2.24, 2.45) is 0 Å². The zero-order valence-corrected chi connectivity index (χ0v) is 14.4. The minimum Gasteiger partial charge on any atom is -0.308 e. The van der Waals surface area contributed by atoms with E-state index in [0.29, 0.717) is 13.0 Å². The van der Waals surface area contributed by atoms with Crippen LogP contribution in [0, 0.1) is 6.92 Å². The van der Waals surface area contributed by atoms with Gasteiger partial charge in [0.05, 0.1) is 6.54 Å². The third-order valence-corrected chi connectivity index (χ3v) is 4.95. The maximum absolute atomic E-state index is 12.9. The number of anilines is 1. The van der Waals surface area contributed by atoms with E-state index in [4.69, 9.17) is 0 Å². The van der Waals surface area contributed by atoms with Gasteiger partial charge < -0.3 is 4.90 Å². The fraction of sp³-hybridized carbons (Fsp3) is 0.174. The highest BCUT2D eigenvalue weighted by Crippen LogP contribution is 2.40. The van der Waals surface area contributed by atoms with Crippen LogP contribution < -0.4 is 4.90 Å². The molecule has 3 aromatic carbocycles. The topological polar surface area (TPSA) is 20.3 Å². The van der Waals surface area contributed by atoms with E-state index >= 15 is 0 Å². The van der Waals surface area contributed by atoms with Gasteiger partial charge in [0.15, 0.2) is 0 Å². The summed E-state index contributed by atoms with van der Waals surface area (Å²) in [6.07, 6.45) is 0.521. The van der Waals surface area contributed by atoms with Gasteiger partial charge in [0.25, 0.3) is 0 Å². The van der Waals surface area contributed by atoms with Crippen molar-refractivity contribution in [3.8, 4) is 0 Å². The maximum Gasteiger partial charge on any atom is 0.228 e. The molecule has 0 saturated carbocycles. The van der Waals surface area contributed by atoms with Gasteiger partial charge in [0.2, 0.25) is 5.91 Å².